The molecule has 0 saturated carbocycles. The largest absolute Gasteiger partial charge is 0.482 e. The van der Waals surface area contributed by atoms with E-state index in [0.29, 0.717) is 16.3 Å². The van der Waals surface area contributed by atoms with Crippen LogP contribution in [0.1, 0.15) is 49.2 Å². The summed E-state index contributed by atoms with van der Waals surface area (Å²) >= 11 is 5.96. The Hall–Kier alpha value is -2.33. The van der Waals surface area contributed by atoms with Crippen LogP contribution in [0.15, 0.2) is 42.5 Å². The van der Waals surface area contributed by atoms with Crippen molar-refractivity contribution in [2.24, 2.45) is 0 Å². The van der Waals surface area contributed by atoms with E-state index in [2.05, 4.69) is 20.8 Å². The topological polar surface area (TPSA) is 52.6 Å². The smallest absolute Gasteiger partial charge is 0.344 e. The molecule has 2 aromatic rings. The number of esters is 1. The molecule has 27 heavy (non-hydrogen) atoms. The highest BCUT2D eigenvalue weighted by Gasteiger charge is 2.21. The van der Waals surface area contributed by atoms with Crippen molar-refractivity contribution in [2.75, 3.05) is 6.61 Å². The van der Waals surface area contributed by atoms with Gasteiger partial charge in [0.1, 0.15) is 5.75 Å². The van der Waals surface area contributed by atoms with Crippen LogP contribution in [0.5, 0.6) is 5.75 Å². The average molecular weight is 389 g/mol. The fourth-order valence-electron chi connectivity index (χ4n) is 2.50. The first-order valence-electron chi connectivity index (χ1n) is 8.81. The summed E-state index contributed by atoms with van der Waals surface area (Å²) in [5.41, 5.74) is 2.51. The zero-order valence-electron chi connectivity index (χ0n) is 16.3. The van der Waals surface area contributed by atoms with Crippen LogP contribution in [0.4, 0.5) is 0 Å². The first-order chi connectivity index (χ1) is 12.6. The van der Waals surface area contributed by atoms with Gasteiger partial charge in [-0.15, -0.1) is 0 Å². The monoisotopic (exact) mass is 388 g/mol. The second-order valence-corrected chi connectivity index (χ2v) is 7.93. The van der Waals surface area contributed by atoms with E-state index in [9.17, 15) is 9.59 Å². The molecule has 4 nitrogen and oxygen atoms in total. The third-order valence-electron chi connectivity index (χ3n) is 4.20. The van der Waals surface area contributed by atoms with Crippen molar-refractivity contribution in [1.82, 2.24) is 0 Å². The summed E-state index contributed by atoms with van der Waals surface area (Å²) in [7, 11) is 0. The van der Waals surface area contributed by atoms with E-state index in [1.807, 2.05) is 19.1 Å². The third kappa shape index (κ3) is 5.83. The van der Waals surface area contributed by atoms with Gasteiger partial charge in [-0.1, -0.05) is 56.6 Å². The summed E-state index contributed by atoms with van der Waals surface area (Å²) in [5.74, 6) is -0.327. The number of ether oxygens (including phenoxy) is 2. The normalized spacial score (nSPS) is 12.4. The van der Waals surface area contributed by atoms with E-state index in [1.54, 1.807) is 37.3 Å². The van der Waals surface area contributed by atoms with Gasteiger partial charge in [-0.05, 0) is 48.6 Å². The van der Waals surface area contributed by atoms with Crippen LogP contribution in [0.25, 0.3) is 0 Å². The molecule has 0 unspecified atom stereocenters. The Morgan fingerprint density at radius 2 is 1.70 bits per heavy atom. The molecule has 1 atom stereocenters. The predicted octanol–water partition coefficient (Wildman–Crippen LogP) is 5.14. The van der Waals surface area contributed by atoms with Crippen molar-refractivity contribution in [3.63, 3.8) is 0 Å². The summed E-state index contributed by atoms with van der Waals surface area (Å²) in [4.78, 5) is 24.4. The van der Waals surface area contributed by atoms with Gasteiger partial charge in [0.05, 0.1) is 0 Å². The number of carbonyl (C=O) groups is 2. The highest BCUT2D eigenvalue weighted by Crippen LogP contribution is 2.23. The molecule has 0 saturated heterocycles. The first kappa shape index (κ1) is 21.0. The molecule has 0 aliphatic heterocycles. The second-order valence-electron chi connectivity index (χ2n) is 7.52. The predicted molar refractivity (Wildman–Crippen MR) is 107 cm³/mol. The number of benzene rings is 2. The number of aryl methyl sites for hydroxylation is 1. The minimum atomic E-state index is -0.881. The zero-order valence-corrected chi connectivity index (χ0v) is 17.1. The molecule has 0 aliphatic rings. The number of hydrogen-bond donors (Lipinski definition) is 0. The van der Waals surface area contributed by atoms with Crippen molar-refractivity contribution in [1.29, 1.82) is 0 Å². The van der Waals surface area contributed by atoms with Gasteiger partial charge in [0.15, 0.2) is 12.7 Å². The molecule has 0 spiro atoms. The van der Waals surface area contributed by atoms with Crippen molar-refractivity contribution in [2.45, 2.75) is 46.1 Å². The molecule has 144 valence electrons. The Morgan fingerprint density at radius 1 is 1.07 bits per heavy atom. The van der Waals surface area contributed by atoms with Gasteiger partial charge >= 0.3 is 5.97 Å². The molecule has 0 N–H and O–H groups in total. The highest BCUT2D eigenvalue weighted by molar-refractivity contribution is 6.31. The van der Waals surface area contributed by atoms with Crippen LogP contribution in [0.3, 0.4) is 0 Å². The molecule has 0 aliphatic carbocycles. The van der Waals surface area contributed by atoms with Gasteiger partial charge in [0.2, 0.25) is 5.78 Å². The van der Waals surface area contributed by atoms with E-state index in [-0.39, 0.29) is 17.8 Å². The maximum Gasteiger partial charge on any atom is 0.344 e. The summed E-state index contributed by atoms with van der Waals surface area (Å²) in [6.07, 6.45) is -0.881. The lowest BCUT2D eigenvalue weighted by Gasteiger charge is -2.19. The van der Waals surface area contributed by atoms with Crippen molar-refractivity contribution < 1.29 is 19.1 Å². The second kappa shape index (κ2) is 8.57. The van der Waals surface area contributed by atoms with Gasteiger partial charge in [-0.25, -0.2) is 4.79 Å². The minimum Gasteiger partial charge on any atom is -0.482 e. The lowest BCUT2D eigenvalue weighted by molar-refractivity contribution is -0.148. The SMILES string of the molecule is Cc1cc(OCC(=O)O[C@@H](C)C(=O)c2ccc(C(C)(C)C)cc2)ccc1Cl. The first-order valence-corrected chi connectivity index (χ1v) is 9.19. The van der Waals surface area contributed by atoms with Crippen LogP contribution >= 0.6 is 11.6 Å². The molecular weight excluding hydrogens is 364 g/mol. The molecule has 0 heterocycles. The quantitative estimate of drug-likeness (QED) is 0.508. The number of Topliss-reactive ketones (excluding diaryl/α,β-unsaturated/α-hetero) is 1. The van der Waals surface area contributed by atoms with Gasteiger partial charge in [0, 0.05) is 10.6 Å². The standard InChI is InChI=1S/C22H25ClO4/c1-14-12-18(10-11-19(14)23)26-13-20(24)27-15(2)21(25)16-6-8-17(9-7-16)22(3,4)5/h6-12,15H,13H2,1-5H3/t15-/m0/s1. The van der Waals surface area contributed by atoms with E-state index in [1.165, 1.54) is 0 Å². The Morgan fingerprint density at radius 3 is 2.26 bits per heavy atom. The molecule has 0 radical (unpaired) electrons. The van der Waals surface area contributed by atoms with Gasteiger partial charge in [-0.3, -0.25) is 4.79 Å². The summed E-state index contributed by atoms with van der Waals surface area (Å²) in [6, 6.07) is 12.5. The number of halogens is 1. The molecule has 5 heteroatoms. The fraction of sp³-hybridized carbons (Fsp3) is 0.364. The molecule has 0 fully saturated rings. The van der Waals surface area contributed by atoms with E-state index < -0.39 is 12.1 Å². The van der Waals surface area contributed by atoms with Crippen molar-refractivity contribution in [3.8, 4) is 5.75 Å². The highest BCUT2D eigenvalue weighted by atomic mass is 35.5. The van der Waals surface area contributed by atoms with Gasteiger partial charge in [0.25, 0.3) is 0 Å². The van der Waals surface area contributed by atoms with E-state index in [0.717, 1.165) is 11.1 Å². The minimum absolute atomic E-state index is 0.0109. The van der Waals surface area contributed by atoms with E-state index in [4.69, 9.17) is 21.1 Å². The lowest BCUT2D eigenvalue weighted by atomic mass is 9.86. The Balaban J connectivity index is 1.91. The molecule has 0 bridgehead atoms. The summed E-state index contributed by atoms with van der Waals surface area (Å²) in [6.45, 7) is 9.45. The van der Waals surface area contributed by atoms with Crippen molar-refractivity contribution >= 4 is 23.4 Å². The van der Waals surface area contributed by atoms with Crippen LogP contribution in [0, 0.1) is 6.92 Å². The van der Waals surface area contributed by atoms with Crippen LogP contribution in [0.2, 0.25) is 5.02 Å². The Bertz CT molecular complexity index is 819. The Kier molecular flexibility index (Phi) is 6.66. The van der Waals surface area contributed by atoms with Gasteiger partial charge < -0.3 is 9.47 Å². The summed E-state index contributed by atoms with van der Waals surface area (Å²) < 4.78 is 10.6. The molecule has 2 rings (SSSR count). The maximum absolute atomic E-state index is 12.5. The number of rotatable bonds is 6. The number of hydrogen-bond acceptors (Lipinski definition) is 4. The van der Waals surface area contributed by atoms with Crippen LogP contribution in [-0.4, -0.2) is 24.5 Å². The number of ketones is 1. The third-order valence-corrected chi connectivity index (χ3v) is 4.62. The van der Waals surface area contributed by atoms with Gasteiger partial charge in [-0.2, -0.15) is 0 Å². The molecule has 2 aromatic carbocycles. The Labute approximate surface area is 165 Å². The van der Waals surface area contributed by atoms with Crippen LogP contribution in [-0.2, 0) is 14.9 Å². The van der Waals surface area contributed by atoms with E-state index >= 15 is 0 Å². The molecular formula is C22H25ClO4. The molecule has 0 amide bonds. The average Bonchev–Trinajstić information content (AvgIpc) is 2.61. The maximum atomic E-state index is 12.5. The molecule has 0 aromatic heterocycles. The lowest BCUT2D eigenvalue weighted by Crippen LogP contribution is -2.27. The van der Waals surface area contributed by atoms with Crippen molar-refractivity contribution in [3.05, 3.63) is 64.2 Å². The number of carbonyl (C=O) groups excluding carboxylic acids is 2. The van der Waals surface area contributed by atoms with Crippen LogP contribution < -0.4 is 4.74 Å². The zero-order chi connectivity index (χ0) is 20.2. The fourth-order valence-corrected chi connectivity index (χ4v) is 2.62. The summed E-state index contributed by atoms with van der Waals surface area (Å²) in [5, 5.41) is 0.627.